The van der Waals surface area contributed by atoms with E-state index in [2.05, 4.69) is 25.1 Å². The number of carbonyl (C=O) groups is 1. The van der Waals surface area contributed by atoms with E-state index < -0.39 is 0 Å². The third-order valence-corrected chi connectivity index (χ3v) is 5.10. The zero-order valence-electron chi connectivity index (χ0n) is 17.6. The molecule has 1 aliphatic heterocycles. The first-order valence-electron chi connectivity index (χ1n) is 10.4. The normalized spacial score (nSPS) is 14.8. The van der Waals surface area contributed by atoms with Crippen LogP contribution in [0, 0.1) is 6.92 Å². The highest BCUT2D eigenvalue weighted by Gasteiger charge is 2.20. The Bertz CT molecular complexity index is 1010. The number of aromatic nitrogens is 4. The summed E-state index contributed by atoms with van der Waals surface area (Å²) in [4.78, 5) is 25.2. The number of H-pyrrole nitrogens is 1. The van der Waals surface area contributed by atoms with Crippen LogP contribution in [0.1, 0.15) is 22.9 Å². The van der Waals surface area contributed by atoms with Crippen LogP contribution in [0.15, 0.2) is 54.7 Å². The maximum absolute atomic E-state index is 12.5. The number of aryl methyl sites for hydroxylation is 1. The lowest BCUT2D eigenvalue weighted by Crippen LogP contribution is -2.47. The van der Waals surface area contributed by atoms with Crippen molar-refractivity contribution in [1.29, 1.82) is 0 Å². The Morgan fingerprint density at radius 2 is 1.94 bits per heavy atom. The molecule has 4 rings (SSSR count). The molecule has 8 nitrogen and oxygen atoms in total. The summed E-state index contributed by atoms with van der Waals surface area (Å²) in [6.07, 6.45) is 5.23. The molecule has 1 fully saturated rings. The van der Waals surface area contributed by atoms with Crippen molar-refractivity contribution in [1.82, 2.24) is 30.0 Å². The molecule has 3 heterocycles. The summed E-state index contributed by atoms with van der Waals surface area (Å²) in [7, 11) is 0. The van der Waals surface area contributed by atoms with E-state index in [1.165, 1.54) is 0 Å². The van der Waals surface area contributed by atoms with Gasteiger partial charge in [0.15, 0.2) is 5.82 Å². The van der Waals surface area contributed by atoms with E-state index >= 15 is 0 Å². The summed E-state index contributed by atoms with van der Waals surface area (Å²) in [5.41, 5.74) is 1.84. The topological polar surface area (TPSA) is 87.2 Å². The third kappa shape index (κ3) is 5.99. The highest BCUT2D eigenvalue weighted by atomic mass is 16.5. The molecule has 0 radical (unpaired) electrons. The molecule has 0 saturated carbocycles. The van der Waals surface area contributed by atoms with Crippen molar-refractivity contribution in [3.05, 3.63) is 77.6 Å². The molecular formula is C23H26N6O2. The van der Waals surface area contributed by atoms with Crippen LogP contribution >= 0.6 is 0 Å². The molecule has 0 spiro atoms. The van der Waals surface area contributed by atoms with Gasteiger partial charge in [0.25, 0.3) is 0 Å². The van der Waals surface area contributed by atoms with Crippen molar-refractivity contribution in [2.45, 2.75) is 20.1 Å². The molecule has 1 N–H and O–H groups in total. The van der Waals surface area contributed by atoms with E-state index in [0.717, 1.165) is 41.7 Å². The molecule has 0 bridgehead atoms. The zero-order chi connectivity index (χ0) is 21.5. The molecule has 1 aromatic carbocycles. The van der Waals surface area contributed by atoms with Crippen LogP contribution in [0.3, 0.4) is 0 Å². The minimum absolute atomic E-state index is 0.0314. The van der Waals surface area contributed by atoms with E-state index in [1.807, 2.05) is 60.4 Å². The average molecular weight is 419 g/mol. The Labute approximate surface area is 181 Å². The number of hydrogen-bond donors (Lipinski definition) is 1. The summed E-state index contributed by atoms with van der Waals surface area (Å²) in [6, 6.07) is 13.4. The number of hydrogen-bond acceptors (Lipinski definition) is 6. The van der Waals surface area contributed by atoms with Gasteiger partial charge >= 0.3 is 0 Å². The van der Waals surface area contributed by atoms with E-state index in [-0.39, 0.29) is 5.91 Å². The van der Waals surface area contributed by atoms with Gasteiger partial charge in [-0.1, -0.05) is 18.2 Å². The molecular weight excluding hydrogens is 392 g/mol. The van der Waals surface area contributed by atoms with Crippen LogP contribution in [0.4, 0.5) is 0 Å². The highest BCUT2D eigenvalue weighted by Crippen LogP contribution is 2.15. The van der Waals surface area contributed by atoms with Gasteiger partial charge in [-0.15, -0.1) is 0 Å². The lowest BCUT2D eigenvalue weighted by Gasteiger charge is -2.33. The molecule has 0 atom stereocenters. The lowest BCUT2D eigenvalue weighted by atomic mass is 10.2. The monoisotopic (exact) mass is 418 g/mol. The summed E-state index contributed by atoms with van der Waals surface area (Å²) in [5.74, 6) is 2.42. The fourth-order valence-electron chi connectivity index (χ4n) is 3.37. The van der Waals surface area contributed by atoms with Gasteiger partial charge in [0.2, 0.25) is 5.91 Å². The quantitative estimate of drug-likeness (QED) is 0.593. The van der Waals surface area contributed by atoms with Gasteiger partial charge in [-0.2, -0.15) is 5.10 Å². The van der Waals surface area contributed by atoms with Gasteiger partial charge in [0.05, 0.1) is 12.2 Å². The van der Waals surface area contributed by atoms with Crippen LogP contribution in [-0.2, 0) is 17.9 Å². The predicted octanol–water partition coefficient (Wildman–Crippen LogP) is 2.44. The number of piperazine rings is 1. The number of pyridine rings is 1. The molecule has 160 valence electrons. The van der Waals surface area contributed by atoms with Crippen molar-refractivity contribution >= 4 is 12.0 Å². The number of ether oxygens (including phenoxy) is 1. The maximum Gasteiger partial charge on any atom is 0.246 e. The van der Waals surface area contributed by atoms with E-state index in [4.69, 9.17) is 4.74 Å². The van der Waals surface area contributed by atoms with Gasteiger partial charge in [-0.05, 0) is 42.8 Å². The van der Waals surface area contributed by atoms with Crippen LogP contribution < -0.4 is 4.74 Å². The summed E-state index contributed by atoms with van der Waals surface area (Å²) in [6.45, 7) is 6.06. The second kappa shape index (κ2) is 9.99. The number of aromatic amines is 1. The second-order valence-electron chi connectivity index (χ2n) is 7.45. The number of nitrogens with zero attached hydrogens (tertiary/aromatic N) is 5. The van der Waals surface area contributed by atoms with Crippen molar-refractivity contribution in [2.24, 2.45) is 0 Å². The van der Waals surface area contributed by atoms with E-state index in [9.17, 15) is 4.79 Å². The first-order chi connectivity index (χ1) is 15.2. The zero-order valence-corrected chi connectivity index (χ0v) is 17.6. The van der Waals surface area contributed by atoms with Gasteiger partial charge in [0.1, 0.15) is 18.2 Å². The SMILES string of the molecule is Cc1nc(CN2CCN(C(=O)/C=C/c3ccc(OCc4ccccn4)cc3)CC2)n[nH]1. The molecule has 0 aliphatic carbocycles. The number of rotatable bonds is 7. The Morgan fingerprint density at radius 1 is 1.13 bits per heavy atom. The first-order valence-corrected chi connectivity index (χ1v) is 10.4. The van der Waals surface area contributed by atoms with Gasteiger partial charge in [-0.25, -0.2) is 4.98 Å². The van der Waals surface area contributed by atoms with Crippen LogP contribution in [-0.4, -0.2) is 62.1 Å². The second-order valence-corrected chi connectivity index (χ2v) is 7.45. The summed E-state index contributed by atoms with van der Waals surface area (Å²) >= 11 is 0. The number of benzene rings is 1. The third-order valence-electron chi connectivity index (χ3n) is 5.10. The molecule has 8 heteroatoms. The molecule has 1 aliphatic rings. The molecule has 1 amide bonds. The lowest BCUT2D eigenvalue weighted by molar-refractivity contribution is -0.127. The van der Waals surface area contributed by atoms with Gasteiger partial charge in [-0.3, -0.25) is 19.8 Å². The number of amides is 1. The van der Waals surface area contributed by atoms with Gasteiger partial charge < -0.3 is 9.64 Å². The predicted molar refractivity (Wildman–Crippen MR) is 117 cm³/mol. The molecule has 3 aromatic rings. The Hall–Kier alpha value is -3.52. The fourth-order valence-corrected chi connectivity index (χ4v) is 3.37. The molecule has 31 heavy (non-hydrogen) atoms. The van der Waals surface area contributed by atoms with Gasteiger partial charge in [0, 0.05) is 38.5 Å². The standard InChI is InChI=1S/C23H26N6O2/c1-18-25-22(27-26-18)16-28-12-14-29(15-13-28)23(30)10-7-19-5-8-21(9-6-19)31-17-20-4-2-3-11-24-20/h2-11H,12-17H2,1H3,(H,25,26,27)/b10-7+. The first kappa shape index (κ1) is 20.7. The van der Waals surface area contributed by atoms with Crippen molar-refractivity contribution in [3.63, 3.8) is 0 Å². The minimum atomic E-state index is 0.0314. The Balaban J connectivity index is 1.22. The molecule has 0 unspecified atom stereocenters. The minimum Gasteiger partial charge on any atom is -0.487 e. The number of carbonyl (C=O) groups excluding carboxylic acids is 1. The van der Waals surface area contributed by atoms with E-state index in [0.29, 0.717) is 26.2 Å². The Morgan fingerprint density at radius 3 is 2.61 bits per heavy atom. The highest BCUT2D eigenvalue weighted by molar-refractivity contribution is 5.91. The van der Waals surface area contributed by atoms with Crippen LogP contribution in [0.25, 0.3) is 6.08 Å². The maximum atomic E-state index is 12.5. The van der Waals surface area contributed by atoms with Crippen LogP contribution in [0.2, 0.25) is 0 Å². The average Bonchev–Trinajstić information content (AvgIpc) is 3.22. The Kier molecular flexibility index (Phi) is 6.68. The van der Waals surface area contributed by atoms with Crippen molar-refractivity contribution < 1.29 is 9.53 Å². The largest absolute Gasteiger partial charge is 0.487 e. The fraction of sp³-hybridized carbons (Fsp3) is 0.304. The smallest absolute Gasteiger partial charge is 0.246 e. The molecule has 2 aromatic heterocycles. The number of nitrogens with one attached hydrogen (secondary N) is 1. The van der Waals surface area contributed by atoms with Crippen molar-refractivity contribution in [2.75, 3.05) is 26.2 Å². The molecule has 1 saturated heterocycles. The summed E-state index contributed by atoms with van der Waals surface area (Å²) in [5, 5.41) is 7.04. The van der Waals surface area contributed by atoms with Crippen LogP contribution in [0.5, 0.6) is 5.75 Å². The van der Waals surface area contributed by atoms with Crippen molar-refractivity contribution in [3.8, 4) is 5.75 Å². The van der Waals surface area contributed by atoms with E-state index in [1.54, 1.807) is 12.3 Å². The summed E-state index contributed by atoms with van der Waals surface area (Å²) < 4.78 is 5.74.